The molecule has 0 aliphatic rings. The third-order valence-electron chi connectivity index (χ3n) is 11.7. The summed E-state index contributed by atoms with van der Waals surface area (Å²) >= 11 is 0. The first-order valence-electron chi connectivity index (χ1n) is 25.0. The first-order valence-corrected chi connectivity index (χ1v) is 25.0. The Balaban J connectivity index is 2.54. The molecule has 2 aromatic carbocycles. The second-order valence-electron chi connectivity index (χ2n) is 18.6. The van der Waals surface area contributed by atoms with E-state index in [0.29, 0.717) is 43.4 Å². The lowest BCUT2D eigenvalue weighted by molar-refractivity contribution is -0.384. The number of benzene rings is 2. The summed E-state index contributed by atoms with van der Waals surface area (Å²) in [5.41, 5.74) is 28.7. The molecule has 19 N–H and O–H groups in total. The first-order chi connectivity index (χ1) is 35.9. The molecule has 0 saturated carbocycles. The van der Waals surface area contributed by atoms with Gasteiger partial charge in [-0.1, -0.05) is 62.7 Å². The van der Waals surface area contributed by atoms with Crippen LogP contribution in [-0.2, 0) is 56.0 Å². The minimum atomic E-state index is -1.63. The fourth-order valence-electron chi connectivity index (χ4n) is 7.55. The number of hydrogen-bond acceptors (Lipinski definition) is 15. The molecule has 420 valence electrons. The van der Waals surface area contributed by atoms with Gasteiger partial charge >= 0.3 is 11.9 Å². The zero-order valence-electron chi connectivity index (χ0n) is 43.2. The maximum atomic E-state index is 14.6. The number of unbranched alkanes of at least 4 members (excludes halogenated alkanes) is 2. The highest BCUT2D eigenvalue weighted by Gasteiger charge is 2.34. The standard InChI is InChI=1S/C49H76N14O13/c1-28(2)24-39(48(73)74)62-44(69)35(16-11-23-55-49(53)54)58-46(71)37(26-31-17-19-32(20-18-31)63(75)76)61-47(72)36(25-30-12-5-4-6-13-30)60-43(68)34(15-8-10-22-51)57-41(66)29(3)56-45(70)38(27-40(64)65)59-42(67)33(52)14-7-9-21-50/h4-6,12-13,17-20,28-29,33-39H,7-11,14-16,21-27,50-52H2,1-3H3,(H,56,70)(H,57,66)(H,58,71)(H,59,67)(H,60,68)(H,61,72)(H,62,69)(H,64,65)(H,73,74)(H4,53,54,55)/t29-,33-,34-,35-,36-,37-,38-,39-/m0/s1. The predicted octanol–water partition coefficient (Wildman–Crippen LogP) is -1.96. The molecule has 0 radical (unpaired) electrons. The Morgan fingerprint density at radius 1 is 0.566 bits per heavy atom. The molecule has 0 aliphatic heterocycles. The highest BCUT2D eigenvalue weighted by Crippen LogP contribution is 2.15. The van der Waals surface area contributed by atoms with Crippen molar-refractivity contribution in [2.75, 3.05) is 19.6 Å². The van der Waals surface area contributed by atoms with Crippen molar-refractivity contribution in [2.24, 2.45) is 39.6 Å². The van der Waals surface area contributed by atoms with Crippen LogP contribution in [0.15, 0.2) is 59.6 Å². The second kappa shape index (κ2) is 33.9. The summed E-state index contributed by atoms with van der Waals surface area (Å²) in [6, 6.07) is 2.29. The molecule has 2 rings (SSSR count). The van der Waals surface area contributed by atoms with Crippen LogP contribution in [0, 0.1) is 16.0 Å². The van der Waals surface area contributed by atoms with E-state index in [1.807, 2.05) is 0 Å². The van der Waals surface area contributed by atoms with Gasteiger partial charge in [0.25, 0.3) is 5.69 Å². The third-order valence-corrected chi connectivity index (χ3v) is 11.7. The molecular formula is C49H76N14O13. The fraction of sp³-hybridized carbons (Fsp3) is 0.551. The Bertz CT molecular complexity index is 2280. The van der Waals surface area contributed by atoms with E-state index in [1.54, 1.807) is 44.2 Å². The Labute approximate surface area is 440 Å². The molecular weight excluding hydrogens is 993 g/mol. The molecule has 27 heteroatoms. The fourth-order valence-corrected chi connectivity index (χ4v) is 7.55. The molecule has 2 aromatic rings. The van der Waals surface area contributed by atoms with Crippen LogP contribution >= 0.6 is 0 Å². The number of amides is 7. The van der Waals surface area contributed by atoms with Crippen LogP contribution in [0.1, 0.15) is 96.1 Å². The van der Waals surface area contributed by atoms with Gasteiger partial charge in [-0.25, -0.2) is 4.79 Å². The van der Waals surface area contributed by atoms with E-state index in [-0.39, 0.29) is 75.6 Å². The predicted molar refractivity (Wildman–Crippen MR) is 279 cm³/mol. The number of carbonyl (C=O) groups excluding carboxylic acids is 7. The highest BCUT2D eigenvalue weighted by molar-refractivity contribution is 5.98. The van der Waals surface area contributed by atoms with Crippen LogP contribution in [-0.4, -0.2) is 142 Å². The van der Waals surface area contributed by atoms with Crippen molar-refractivity contribution >= 4 is 64.9 Å². The van der Waals surface area contributed by atoms with Crippen LogP contribution < -0.4 is 65.9 Å². The largest absolute Gasteiger partial charge is 0.481 e. The number of carbonyl (C=O) groups is 9. The van der Waals surface area contributed by atoms with Gasteiger partial charge in [0.1, 0.15) is 42.3 Å². The summed E-state index contributed by atoms with van der Waals surface area (Å²) in [6.45, 7) is 5.39. The summed E-state index contributed by atoms with van der Waals surface area (Å²) in [4.78, 5) is 135. The second-order valence-corrected chi connectivity index (χ2v) is 18.6. The van der Waals surface area contributed by atoms with Crippen molar-refractivity contribution in [3.8, 4) is 0 Å². The monoisotopic (exact) mass is 1070 g/mol. The Hall–Kier alpha value is -7.78. The maximum absolute atomic E-state index is 14.6. The van der Waals surface area contributed by atoms with Gasteiger partial charge in [-0.2, -0.15) is 0 Å². The number of hydrogen-bond donors (Lipinski definition) is 14. The number of non-ortho nitro benzene ring substituents is 1. The number of nitrogens with two attached hydrogens (primary N) is 5. The van der Waals surface area contributed by atoms with Gasteiger partial charge in [-0.15, -0.1) is 0 Å². The van der Waals surface area contributed by atoms with Gasteiger partial charge in [0.15, 0.2) is 5.96 Å². The van der Waals surface area contributed by atoms with Crippen LogP contribution in [0.25, 0.3) is 0 Å². The van der Waals surface area contributed by atoms with Gasteiger partial charge < -0.3 is 76.1 Å². The Kier molecular flexibility index (Phi) is 28.7. The quantitative estimate of drug-likeness (QED) is 0.0116. The molecule has 0 unspecified atom stereocenters. The summed E-state index contributed by atoms with van der Waals surface area (Å²) < 4.78 is 0. The number of rotatable bonds is 36. The Morgan fingerprint density at radius 2 is 1.01 bits per heavy atom. The number of aliphatic carboxylic acids is 2. The van der Waals surface area contributed by atoms with Crippen molar-refractivity contribution in [1.82, 2.24) is 37.2 Å². The first kappa shape index (κ1) is 64.3. The molecule has 0 fully saturated rings. The van der Waals surface area contributed by atoms with Crippen molar-refractivity contribution in [2.45, 2.75) is 146 Å². The summed E-state index contributed by atoms with van der Waals surface area (Å²) in [7, 11) is 0. The van der Waals surface area contributed by atoms with Crippen molar-refractivity contribution in [1.29, 1.82) is 0 Å². The molecule has 76 heavy (non-hydrogen) atoms. The van der Waals surface area contributed by atoms with Crippen LogP contribution in [0.2, 0.25) is 0 Å². The minimum Gasteiger partial charge on any atom is -0.481 e. The molecule has 0 bridgehead atoms. The average Bonchev–Trinajstić information content (AvgIpc) is 3.35. The summed E-state index contributed by atoms with van der Waals surface area (Å²) in [6.07, 6.45) is 0.731. The number of carboxylic acid groups (broad SMARTS) is 2. The van der Waals surface area contributed by atoms with E-state index < -0.39 is 113 Å². The molecule has 8 atom stereocenters. The van der Waals surface area contributed by atoms with E-state index in [2.05, 4.69) is 42.2 Å². The van der Waals surface area contributed by atoms with E-state index in [0.717, 1.165) is 0 Å². The number of aliphatic imine (C=N–C) groups is 1. The van der Waals surface area contributed by atoms with Crippen molar-refractivity contribution in [3.05, 3.63) is 75.8 Å². The lowest BCUT2D eigenvalue weighted by atomic mass is 10.0. The van der Waals surface area contributed by atoms with Crippen LogP contribution in [0.5, 0.6) is 0 Å². The van der Waals surface area contributed by atoms with Gasteiger partial charge in [0.05, 0.1) is 17.4 Å². The molecule has 0 aromatic heterocycles. The van der Waals surface area contributed by atoms with E-state index >= 15 is 0 Å². The lowest BCUT2D eigenvalue weighted by Gasteiger charge is -2.28. The number of guanidine groups is 1. The average molecular weight is 1070 g/mol. The van der Waals surface area contributed by atoms with Gasteiger partial charge in [0.2, 0.25) is 41.4 Å². The molecule has 0 heterocycles. The number of nitrogens with one attached hydrogen (secondary N) is 7. The zero-order valence-corrected chi connectivity index (χ0v) is 43.2. The van der Waals surface area contributed by atoms with E-state index in [9.17, 15) is 63.5 Å². The number of nitro benzene ring substituents is 1. The molecule has 7 amide bonds. The molecule has 27 nitrogen and oxygen atoms in total. The number of nitro groups is 1. The summed E-state index contributed by atoms with van der Waals surface area (Å²) in [5.74, 6) is -9.46. The lowest BCUT2D eigenvalue weighted by Crippen LogP contribution is -2.60. The van der Waals surface area contributed by atoms with Crippen LogP contribution in [0.3, 0.4) is 0 Å². The minimum absolute atomic E-state index is 0.0213. The van der Waals surface area contributed by atoms with Gasteiger partial charge in [-0.3, -0.25) is 53.5 Å². The number of nitrogens with zero attached hydrogens (tertiary/aromatic N) is 2. The van der Waals surface area contributed by atoms with Gasteiger partial charge in [-0.05, 0) is 88.4 Å². The normalized spacial score (nSPS) is 14.1. The highest BCUT2D eigenvalue weighted by atomic mass is 16.6. The smallest absolute Gasteiger partial charge is 0.326 e. The topological polar surface area (TPSA) is 464 Å². The SMILES string of the molecule is CC(C)C[C@H](NC(=O)[C@H](CCCN=C(N)N)NC(=O)[C@H](Cc1ccc([N+](=O)[O-])cc1)NC(=O)[C@H](Cc1ccccc1)NC(=O)[C@H](CCCCN)NC(=O)[C@H](C)NC(=O)[C@H](CC(=O)O)NC(=O)[C@@H](N)CCCCN)C(=O)O. The molecule has 0 saturated heterocycles. The third kappa shape index (κ3) is 24.5. The van der Waals surface area contributed by atoms with Crippen LogP contribution in [0.4, 0.5) is 5.69 Å². The maximum Gasteiger partial charge on any atom is 0.326 e. The van der Waals surface area contributed by atoms with E-state index in [4.69, 9.17) is 28.7 Å². The molecule has 0 spiro atoms. The molecule has 0 aliphatic carbocycles. The van der Waals surface area contributed by atoms with E-state index in [1.165, 1.54) is 31.2 Å². The summed E-state index contributed by atoms with van der Waals surface area (Å²) in [5, 5.41) is 48.5. The Morgan fingerprint density at radius 3 is 1.50 bits per heavy atom. The van der Waals surface area contributed by atoms with Crippen molar-refractivity contribution < 1.29 is 58.3 Å². The zero-order chi connectivity index (χ0) is 56.9. The van der Waals surface area contributed by atoms with Gasteiger partial charge in [0, 0.05) is 31.5 Å². The van der Waals surface area contributed by atoms with Crippen molar-refractivity contribution in [3.63, 3.8) is 0 Å². The number of carboxylic acids is 2.